The summed E-state index contributed by atoms with van der Waals surface area (Å²) in [6.07, 6.45) is 4.64. The fourth-order valence-corrected chi connectivity index (χ4v) is 2.52. The first-order valence-electron chi connectivity index (χ1n) is 5.51. The van der Waals surface area contributed by atoms with E-state index in [1.807, 2.05) is 0 Å². The van der Waals surface area contributed by atoms with Crippen molar-refractivity contribution in [3.63, 3.8) is 0 Å². The highest BCUT2D eigenvalue weighted by atomic mass is 16.6. The van der Waals surface area contributed by atoms with Crippen LogP contribution in [0.4, 0.5) is 9.59 Å². The minimum atomic E-state index is -0.388. The van der Waals surface area contributed by atoms with Gasteiger partial charge in [0, 0.05) is 38.0 Å². The Labute approximate surface area is 99.7 Å². The van der Waals surface area contributed by atoms with E-state index in [1.165, 1.54) is 0 Å². The van der Waals surface area contributed by atoms with Crippen molar-refractivity contribution in [1.82, 2.24) is 9.80 Å². The highest BCUT2D eigenvalue weighted by molar-refractivity contribution is 5.72. The molecule has 0 radical (unpaired) electrons. The molecule has 3 amide bonds. The van der Waals surface area contributed by atoms with Crippen LogP contribution in [0, 0.1) is 24.2 Å². The van der Waals surface area contributed by atoms with Crippen LogP contribution in [0.15, 0.2) is 0 Å². The molecule has 2 rings (SSSR count). The maximum absolute atomic E-state index is 11.6. The van der Waals surface area contributed by atoms with Gasteiger partial charge in [-0.2, -0.15) is 0 Å². The van der Waals surface area contributed by atoms with Crippen molar-refractivity contribution in [1.29, 1.82) is 0 Å². The number of nitrogens with zero attached hydrogens (tertiary/aromatic N) is 2. The maximum atomic E-state index is 11.6. The van der Waals surface area contributed by atoms with Crippen LogP contribution in [0.25, 0.3) is 0 Å². The van der Waals surface area contributed by atoms with Gasteiger partial charge in [-0.15, -0.1) is 6.42 Å². The number of hydrogen-bond acceptors (Lipinski definition) is 3. The number of carbonyl (C=O) groups is 2. The van der Waals surface area contributed by atoms with Crippen LogP contribution in [-0.2, 0) is 4.74 Å². The molecule has 0 saturated carbocycles. The highest BCUT2D eigenvalue weighted by Gasteiger charge is 2.42. The number of terminal acetylenes is 1. The quantitative estimate of drug-likeness (QED) is 0.636. The Balaban J connectivity index is 1.86. The molecule has 2 saturated heterocycles. The van der Waals surface area contributed by atoms with Gasteiger partial charge in [0.05, 0.1) is 0 Å². The van der Waals surface area contributed by atoms with Crippen LogP contribution in [0.5, 0.6) is 0 Å². The van der Waals surface area contributed by atoms with E-state index in [1.54, 1.807) is 9.80 Å². The number of amides is 3. The van der Waals surface area contributed by atoms with Gasteiger partial charge in [-0.25, -0.2) is 9.59 Å². The van der Waals surface area contributed by atoms with Gasteiger partial charge in [-0.1, -0.05) is 5.92 Å². The summed E-state index contributed by atoms with van der Waals surface area (Å²) in [5.41, 5.74) is 5.22. The van der Waals surface area contributed by atoms with E-state index in [4.69, 9.17) is 16.9 Å². The average Bonchev–Trinajstić information content (AvgIpc) is 2.82. The van der Waals surface area contributed by atoms with Gasteiger partial charge in [-0.05, 0) is 0 Å². The first kappa shape index (κ1) is 11.6. The van der Waals surface area contributed by atoms with Gasteiger partial charge in [0.2, 0.25) is 0 Å². The Morgan fingerprint density at radius 3 is 2.24 bits per heavy atom. The fourth-order valence-electron chi connectivity index (χ4n) is 2.52. The Morgan fingerprint density at radius 1 is 1.24 bits per heavy atom. The molecule has 2 fully saturated rings. The number of ether oxygens (including phenoxy) is 1. The van der Waals surface area contributed by atoms with E-state index in [-0.39, 0.29) is 18.7 Å². The molecule has 2 atom stereocenters. The fraction of sp³-hybridized carbons (Fsp3) is 0.636. The Kier molecular flexibility index (Phi) is 3.09. The van der Waals surface area contributed by atoms with Crippen molar-refractivity contribution in [2.45, 2.75) is 0 Å². The third kappa shape index (κ3) is 2.28. The van der Waals surface area contributed by atoms with Gasteiger partial charge in [0.25, 0.3) is 0 Å². The van der Waals surface area contributed by atoms with Gasteiger partial charge in [0.1, 0.15) is 0 Å². The minimum absolute atomic E-state index is 0.00191. The normalized spacial score (nSPS) is 26.5. The second-order valence-electron chi connectivity index (χ2n) is 4.43. The van der Waals surface area contributed by atoms with Gasteiger partial charge < -0.3 is 20.3 Å². The second-order valence-corrected chi connectivity index (χ2v) is 4.43. The smallest absolute Gasteiger partial charge is 0.410 e. The van der Waals surface area contributed by atoms with E-state index < -0.39 is 0 Å². The summed E-state index contributed by atoms with van der Waals surface area (Å²) >= 11 is 0. The number of urea groups is 1. The predicted octanol–water partition coefficient (Wildman–Crippen LogP) is -0.301. The molecule has 92 valence electrons. The molecule has 0 aromatic carbocycles. The van der Waals surface area contributed by atoms with E-state index in [0.29, 0.717) is 38.0 Å². The van der Waals surface area contributed by atoms with Crippen molar-refractivity contribution in [2.24, 2.45) is 17.6 Å². The molecule has 2 N–H and O–H groups in total. The predicted molar refractivity (Wildman–Crippen MR) is 59.9 cm³/mol. The number of hydrogen-bond donors (Lipinski definition) is 1. The first-order valence-corrected chi connectivity index (χ1v) is 5.51. The van der Waals surface area contributed by atoms with E-state index in [9.17, 15) is 9.59 Å². The van der Waals surface area contributed by atoms with E-state index >= 15 is 0 Å². The lowest BCUT2D eigenvalue weighted by Crippen LogP contribution is -2.38. The molecule has 0 spiro atoms. The van der Waals surface area contributed by atoms with Crippen molar-refractivity contribution in [3.8, 4) is 12.3 Å². The Bertz CT molecular complexity index is 363. The molecular formula is C11H15N3O3. The number of nitrogens with two attached hydrogens (primary N) is 1. The van der Waals surface area contributed by atoms with Crippen LogP contribution < -0.4 is 5.73 Å². The molecule has 2 aliphatic rings. The monoisotopic (exact) mass is 237 g/mol. The topological polar surface area (TPSA) is 75.9 Å². The van der Waals surface area contributed by atoms with Crippen molar-refractivity contribution in [2.75, 3.05) is 32.8 Å². The van der Waals surface area contributed by atoms with Crippen LogP contribution in [0.1, 0.15) is 0 Å². The third-order valence-corrected chi connectivity index (χ3v) is 3.34. The summed E-state index contributed by atoms with van der Waals surface area (Å²) in [7, 11) is 0. The third-order valence-electron chi connectivity index (χ3n) is 3.34. The zero-order valence-corrected chi connectivity index (χ0v) is 9.46. The van der Waals surface area contributed by atoms with Gasteiger partial charge in [-0.3, -0.25) is 0 Å². The molecule has 6 nitrogen and oxygen atoms in total. The lowest BCUT2D eigenvalue weighted by molar-refractivity contribution is 0.118. The van der Waals surface area contributed by atoms with Crippen molar-refractivity contribution < 1.29 is 14.3 Å². The second kappa shape index (κ2) is 4.53. The number of primary amides is 1. The summed E-state index contributed by atoms with van der Waals surface area (Å²) in [4.78, 5) is 25.8. The zero-order chi connectivity index (χ0) is 12.4. The largest absolute Gasteiger partial charge is 0.436 e. The lowest BCUT2D eigenvalue weighted by atomic mass is 10.0. The molecule has 2 unspecified atom stereocenters. The summed E-state index contributed by atoms with van der Waals surface area (Å²) in [5, 5.41) is 0. The van der Waals surface area contributed by atoms with E-state index in [0.717, 1.165) is 0 Å². The average molecular weight is 237 g/mol. The minimum Gasteiger partial charge on any atom is -0.436 e. The summed E-state index contributed by atoms with van der Waals surface area (Å²) in [5.74, 6) is 2.87. The number of carbonyl (C=O) groups excluding carboxylic acids is 2. The van der Waals surface area contributed by atoms with Crippen molar-refractivity contribution >= 4 is 12.1 Å². The van der Waals surface area contributed by atoms with Crippen LogP contribution in [0.3, 0.4) is 0 Å². The maximum Gasteiger partial charge on any atom is 0.410 e. The molecule has 17 heavy (non-hydrogen) atoms. The van der Waals surface area contributed by atoms with Gasteiger partial charge >= 0.3 is 12.1 Å². The van der Waals surface area contributed by atoms with Crippen LogP contribution >= 0.6 is 0 Å². The number of likely N-dealkylation sites (tertiary alicyclic amines) is 2. The molecule has 0 aliphatic carbocycles. The highest BCUT2D eigenvalue weighted by Crippen LogP contribution is 2.31. The SMILES string of the molecule is C#CCOC(=O)N1CC2CN(C(N)=O)CC2C1. The molecular weight excluding hydrogens is 222 g/mol. The van der Waals surface area contributed by atoms with Crippen LogP contribution in [0.2, 0.25) is 0 Å². The Hall–Kier alpha value is -1.90. The number of fused-ring (bicyclic) bond motifs is 1. The standard InChI is InChI=1S/C11H15N3O3/c1-2-3-17-11(16)14-6-8-4-13(10(12)15)5-9(8)7-14/h1,8-9H,3-7H2,(H2,12,15). The van der Waals surface area contributed by atoms with Crippen molar-refractivity contribution in [3.05, 3.63) is 0 Å². The Morgan fingerprint density at radius 2 is 1.76 bits per heavy atom. The van der Waals surface area contributed by atoms with E-state index in [2.05, 4.69) is 5.92 Å². The molecule has 2 heterocycles. The van der Waals surface area contributed by atoms with Gasteiger partial charge in [0.15, 0.2) is 6.61 Å². The molecule has 0 aromatic rings. The molecule has 6 heteroatoms. The molecule has 2 aliphatic heterocycles. The first-order chi connectivity index (χ1) is 8.11. The zero-order valence-electron chi connectivity index (χ0n) is 9.46. The molecule has 0 aromatic heterocycles. The summed E-state index contributed by atoms with van der Waals surface area (Å²) < 4.78 is 4.86. The summed E-state index contributed by atoms with van der Waals surface area (Å²) in [6.45, 7) is 2.46. The van der Waals surface area contributed by atoms with Crippen LogP contribution in [-0.4, -0.2) is 54.7 Å². The lowest BCUT2D eigenvalue weighted by Gasteiger charge is -2.19. The molecule has 0 bridgehead atoms. The summed E-state index contributed by atoms with van der Waals surface area (Å²) in [6, 6.07) is -0.388. The number of rotatable bonds is 1.